The number of urea groups is 1. The predicted octanol–water partition coefficient (Wildman–Crippen LogP) is 3.33. The summed E-state index contributed by atoms with van der Waals surface area (Å²) >= 11 is 0. The first-order valence-electron chi connectivity index (χ1n) is 8.30. The van der Waals surface area contributed by atoms with Crippen molar-refractivity contribution < 1.29 is 18.0 Å². The van der Waals surface area contributed by atoms with Crippen LogP contribution in [-0.2, 0) is 19.1 Å². The van der Waals surface area contributed by atoms with Crippen LogP contribution in [0.15, 0.2) is 24.5 Å². The maximum absolute atomic E-state index is 12.8. The smallest absolute Gasteiger partial charge is 0.334 e. The van der Waals surface area contributed by atoms with E-state index >= 15 is 0 Å². The number of imidazole rings is 1. The van der Waals surface area contributed by atoms with Gasteiger partial charge in [-0.05, 0) is 30.9 Å². The fourth-order valence-corrected chi connectivity index (χ4v) is 3.02. The molecule has 0 saturated heterocycles. The molecule has 0 radical (unpaired) electrons. The molecule has 1 N–H and O–H groups in total. The summed E-state index contributed by atoms with van der Waals surface area (Å²) in [7, 11) is 1.66. The molecule has 0 aliphatic carbocycles. The minimum atomic E-state index is -4.43. The van der Waals surface area contributed by atoms with Gasteiger partial charge in [-0.15, -0.1) is 0 Å². The van der Waals surface area contributed by atoms with Crippen LogP contribution < -0.4 is 5.32 Å². The number of aromatic nitrogens is 3. The van der Waals surface area contributed by atoms with Gasteiger partial charge in [0.25, 0.3) is 0 Å². The van der Waals surface area contributed by atoms with Crippen LogP contribution in [0.4, 0.5) is 23.8 Å². The Kier molecular flexibility index (Phi) is 4.88. The van der Waals surface area contributed by atoms with Crippen molar-refractivity contribution in [3.63, 3.8) is 0 Å². The lowest BCUT2D eigenvalue weighted by molar-refractivity contribution is -0.141. The number of fused-ring (bicyclic) bond motifs is 1. The molecule has 140 valence electrons. The number of carbonyl (C=O) groups excluding carboxylic acids is 1. The molecule has 26 heavy (non-hydrogen) atoms. The van der Waals surface area contributed by atoms with Crippen LogP contribution in [0, 0.1) is 12.8 Å². The standard InChI is InChI=1S/C17H20F3N5O/c1-11-3-5-14(21-7-11)23-16(26)24(2)8-12-4-6-15-22-13(17(18,19)20)10-25(15)9-12/h3,5,7,10,12H,4,6,8-9H2,1-2H3,(H,21,23,26)/t12-/m0/s1. The van der Waals surface area contributed by atoms with Crippen LogP contribution in [0.2, 0.25) is 0 Å². The third kappa shape index (κ3) is 4.14. The molecule has 6 nitrogen and oxygen atoms in total. The number of amides is 2. The van der Waals surface area contributed by atoms with Gasteiger partial charge >= 0.3 is 12.2 Å². The van der Waals surface area contributed by atoms with Gasteiger partial charge in [0, 0.05) is 39.0 Å². The maximum atomic E-state index is 12.8. The molecule has 0 saturated carbocycles. The number of carbonyl (C=O) groups is 1. The Balaban J connectivity index is 1.58. The lowest BCUT2D eigenvalue weighted by Gasteiger charge is -2.28. The molecule has 3 heterocycles. The number of aryl methyl sites for hydroxylation is 2. The summed E-state index contributed by atoms with van der Waals surface area (Å²) in [5.41, 5.74) is 0.137. The number of hydrogen-bond acceptors (Lipinski definition) is 3. The Hall–Kier alpha value is -2.58. The summed E-state index contributed by atoms with van der Waals surface area (Å²) in [4.78, 5) is 21.6. The van der Waals surface area contributed by atoms with Gasteiger partial charge < -0.3 is 9.47 Å². The van der Waals surface area contributed by atoms with E-state index in [1.807, 2.05) is 13.0 Å². The highest BCUT2D eigenvalue weighted by molar-refractivity contribution is 5.88. The summed E-state index contributed by atoms with van der Waals surface area (Å²) in [6.07, 6.45) is -0.560. The minimum absolute atomic E-state index is 0.0690. The average molecular weight is 367 g/mol. The monoisotopic (exact) mass is 367 g/mol. The molecule has 0 bridgehead atoms. The molecule has 1 aliphatic rings. The van der Waals surface area contributed by atoms with E-state index in [4.69, 9.17) is 0 Å². The lowest BCUT2D eigenvalue weighted by Crippen LogP contribution is -2.38. The van der Waals surface area contributed by atoms with Gasteiger partial charge in [-0.25, -0.2) is 14.8 Å². The third-order valence-electron chi connectivity index (χ3n) is 4.41. The molecule has 1 atom stereocenters. The second-order valence-electron chi connectivity index (χ2n) is 6.63. The Labute approximate surface area is 149 Å². The molecule has 1 aliphatic heterocycles. The first-order chi connectivity index (χ1) is 12.2. The topological polar surface area (TPSA) is 63.1 Å². The molecule has 2 amide bonds. The Morgan fingerprint density at radius 2 is 2.19 bits per heavy atom. The van der Waals surface area contributed by atoms with Crippen LogP contribution in [0.5, 0.6) is 0 Å². The largest absolute Gasteiger partial charge is 0.434 e. The quantitative estimate of drug-likeness (QED) is 0.905. The third-order valence-corrected chi connectivity index (χ3v) is 4.41. The Morgan fingerprint density at radius 3 is 2.85 bits per heavy atom. The number of anilines is 1. The Bertz CT molecular complexity index is 785. The predicted molar refractivity (Wildman–Crippen MR) is 89.7 cm³/mol. The van der Waals surface area contributed by atoms with Crippen molar-refractivity contribution in [2.45, 2.75) is 32.5 Å². The van der Waals surface area contributed by atoms with Gasteiger partial charge in [0.2, 0.25) is 0 Å². The zero-order chi connectivity index (χ0) is 18.9. The number of halogens is 3. The van der Waals surface area contributed by atoms with Gasteiger partial charge in [0.05, 0.1) is 0 Å². The minimum Gasteiger partial charge on any atom is -0.334 e. The zero-order valence-corrected chi connectivity index (χ0v) is 14.5. The lowest BCUT2D eigenvalue weighted by atomic mass is 9.99. The van der Waals surface area contributed by atoms with E-state index < -0.39 is 11.9 Å². The van der Waals surface area contributed by atoms with Crippen molar-refractivity contribution in [1.82, 2.24) is 19.4 Å². The summed E-state index contributed by atoms with van der Waals surface area (Å²) in [5.74, 6) is 0.979. The molecule has 0 aromatic carbocycles. The number of hydrogen-bond donors (Lipinski definition) is 1. The number of alkyl halides is 3. The average Bonchev–Trinajstić information content (AvgIpc) is 3.00. The van der Waals surface area contributed by atoms with E-state index in [-0.39, 0.29) is 11.9 Å². The second kappa shape index (κ2) is 6.97. The van der Waals surface area contributed by atoms with Crippen molar-refractivity contribution in [2.24, 2.45) is 5.92 Å². The van der Waals surface area contributed by atoms with Crippen LogP contribution in [0.1, 0.15) is 23.5 Å². The summed E-state index contributed by atoms with van der Waals surface area (Å²) in [6, 6.07) is 3.27. The number of pyridine rings is 1. The summed E-state index contributed by atoms with van der Waals surface area (Å²) in [5, 5.41) is 2.71. The number of rotatable bonds is 3. The molecule has 0 spiro atoms. The number of nitrogens with zero attached hydrogens (tertiary/aromatic N) is 4. The normalized spacial score (nSPS) is 16.9. The first kappa shape index (κ1) is 18.2. The molecule has 2 aromatic rings. The van der Waals surface area contributed by atoms with Crippen molar-refractivity contribution in [3.05, 3.63) is 41.6 Å². The maximum Gasteiger partial charge on any atom is 0.434 e. The van der Waals surface area contributed by atoms with E-state index in [1.54, 1.807) is 23.9 Å². The van der Waals surface area contributed by atoms with E-state index in [9.17, 15) is 18.0 Å². The van der Waals surface area contributed by atoms with Gasteiger partial charge in [0.1, 0.15) is 11.6 Å². The van der Waals surface area contributed by atoms with Gasteiger partial charge in [-0.1, -0.05) is 6.07 Å². The fourth-order valence-electron chi connectivity index (χ4n) is 3.02. The zero-order valence-electron chi connectivity index (χ0n) is 14.5. The molecule has 0 unspecified atom stereocenters. The summed E-state index contributed by atoms with van der Waals surface area (Å²) < 4.78 is 39.9. The van der Waals surface area contributed by atoms with Crippen molar-refractivity contribution in [2.75, 3.05) is 18.9 Å². The molecule has 0 fully saturated rings. The highest BCUT2D eigenvalue weighted by Gasteiger charge is 2.36. The van der Waals surface area contributed by atoms with Gasteiger partial charge in [-0.2, -0.15) is 13.2 Å². The van der Waals surface area contributed by atoms with Crippen LogP contribution in [-0.4, -0.2) is 39.1 Å². The molecular weight excluding hydrogens is 347 g/mol. The second-order valence-corrected chi connectivity index (χ2v) is 6.63. The van der Waals surface area contributed by atoms with E-state index in [0.29, 0.717) is 37.6 Å². The summed E-state index contributed by atoms with van der Waals surface area (Å²) in [6.45, 7) is 2.76. The van der Waals surface area contributed by atoms with Crippen LogP contribution in [0.25, 0.3) is 0 Å². The molecule has 2 aromatic heterocycles. The van der Waals surface area contributed by atoms with Crippen molar-refractivity contribution in [3.8, 4) is 0 Å². The first-order valence-corrected chi connectivity index (χ1v) is 8.30. The highest BCUT2D eigenvalue weighted by atomic mass is 19.4. The van der Waals surface area contributed by atoms with E-state index in [1.165, 1.54) is 4.90 Å². The van der Waals surface area contributed by atoms with Gasteiger partial charge in [-0.3, -0.25) is 5.32 Å². The molecule has 3 rings (SSSR count). The SMILES string of the molecule is Cc1ccc(NC(=O)N(C)C[C@@H]2CCc3nc(C(F)(F)F)cn3C2)nc1. The Morgan fingerprint density at radius 1 is 1.42 bits per heavy atom. The molecule has 9 heteroatoms. The van der Waals surface area contributed by atoms with Crippen molar-refractivity contribution in [1.29, 1.82) is 0 Å². The highest BCUT2D eigenvalue weighted by Crippen LogP contribution is 2.30. The molecular formula is C17H20F3N5O. The fraction of sp³-hybridized carbons (Fsp3) is 0.471. The van der Waals surface area contributed by atoms with Crippen molar-refractivity contribution >= 4 is 11.8 Å². The van der Waals surface area contributed by atoms with Crippen LogP contribution in [0.3, 0.4) is 0 Å². The van der Waals surface area contributed by atoms with E-state index in [0.717, 1.165) is 11.8 Å². The van der Waals surface area contributed by atoms with E-state index in [2.05, 4.69) is 15.3 Å². The van der Waals surface area contributed by atoms with Gasteiger partial charge in [0.15, 0.2) is 5.69 Å². The number of nitrogens with one attached hydrogen (secondary N) is 1. The van der Waals surface area contributed by atoms with Crippen LogP contribution >= 0.6 is 0 Å².